The second-order valence-corrected chi connectivity index (χ2v) is 5.27. The molecule has 0 radical (unpaired) electrons. The van der Waals surface area contributed by atoms with Gasteiger partial charge in [0, 0.05) is 12.1 Å². The maximum Gasteiger partial charge on any atom is 0.0496 e. The van der Waals surface area contributed by atoms with Crippen molar-refractivity contribution in [1.29, 1.82) is 0 Å². The van der Waals surface area contributed by atoms with Crippen molar-refractivity contribution in [2.24, 2.45) is 5.73 Å². The summed E-state index contributed by atoms with van der Waals surface area (Å²) in [7, 11) is 2.19. The highest BCUT2D eigenvalue weighted by Gasteiger charge is 2.22. The van der Waals surface area contributed by atoms with Crippen LogP contribution >= 0.6 is 0 Å². The number of aryl methyl sites for hydroxylation is 1. The van der Waals surface area contributed by atoms with Crippen LogP contribution in [-0.2, 0) is 0 Å². The van der Waals surface area contributed by atoms with Gasteiger partial charge in [0.2, 0.25) is 0 Å². The van der Waals surface area contributed by atoms with E-state index in [4.69, 9.17) is 5.73 Å². The number of hydrogen-bond acceptors (Lipinski definition) is 2. The van der Waals surface area contributed by atoms with Crippen molar-refractivity contribution < 1.29 is 0 Å². The van der Waals surface area contributed by atoms with Gasteiger partial charge in [-0.05, 0) is 38.9 Å². The average Bonchev–Trinajstić information content (AvgIpc) is 2.36. The average molecular weight is 248 g/mol. The third-order valence-electron chi connectivity index (χ3n) is 3.60. The molecule has 1 aromatic carbocycles. The highest BCUT2D eigenvalue weighted by Crippen LogP contribution is 2.25. The summed E-state index contributed by atoms with van der Waals surface area (Å²) in [4.78, 5) is 2.41. The SMILES string of the molecule is CCCCN(C)C(c1cccc(C)c1)C(N)CC. The maximum absolute atomic E-state index is 6.33. The van der Waals surface area contributed by atoms with Crippen molar-refractivity contribution >= 4 is 0 Å². The van der Waals surface area contributed by atoms with Crippen LogP contribution in [0.2, 0.25) is 0 Å². The zero-order valence-electron chi connectivity index (χ0n) is 12.3. The first-order valence-electron chi connectivity index (χ1n) is 7.12. The van der Waals surface area contributed by atoms with Crippen LogP contribution in [0, 0.1) is 6.92 Å². The Labute approximate surface area is 112 Å². The number of likely N-dealkylation sites (N-methyl/N-ethyl adjacent to an activating group) is 1. The van der Waals surface area contributed by atoms with Gasteiger partial charge in [-0.3, -0.25) is 4.90 Å². The molecule has 2 atom stereocenters. The molecule has 2 nitrogen and oxygen atoms in total. The minimum atomic E-state index is 0.202. The lowest BCUT2D eigenvalue weighted by molar-refractivity contribution is 0.207. The summed E-state index contributed by atoms with van der Waals surface area (Å²) in [5.74, 6) is 0. The lowest BCUT2D eigenvalue weighted by atomic mass is 9.95. The van der Waals surface area contributed by atoms with E-state index in [1.54, 1.807) is 0 Å². The van der Waals surface area contributed by atoms with E-state index in [-0.39, 0.29) is 6.04 Å². The van der Waals surface area contributed by atoms with E-state index in [1.807, 2.05) is 0 Å². The standard InChI is InChI=1S/C16H28N2/c1-5-7-11-18(4)16(15(17)6-2)14-10-8-9-13(3)12-14/h8-10,12,15-16H,5-7,11,17H2,1-4H3. The summed E-state index contributed by atoms with van der Waals surface area (Å²) < 4.78 is 0. The third kappa shape index (κ3) is 4.11. The van der Waals surface area contributed by atoms with Crippen molar-refractivity contribution in [2.75, 3.05) is 13.6 Å². The van der Waals surface area contributed by atoms with Gasteiger partial charge in [0.25, 0.3) is 0 Å². The minimum Gasteiger partial charge on any atom is -0.326 e. The van der Waals surface area contributed by atoms with Crippen LogP contribution in [0.4, 0.5) is 0 Å². The zero-order valence-corrected chi connectivity index (χ0v) is 12.3. The molecule has 0 heterocycles. The molecule has 0 saturated carbocycles. The summed E-state index contributed by atoms with van der Waals surface area (Å²) in [6.45, 7) is 7.66. The highest BCUT2D eigenvalue weighted by molar-refractivity contribution is 5.26. The number of nitrogens with two attached hydrogens (primary N) is 1. The molecule has 102 valence electrons. The summed E-state index contributed by atoms with van der Waals surface area (Å²) in [6.07, 6.45) is 3.47. The van der Waals surface area contributed by atoms with Crippen molar-refractivity contribution in [3.05, 3.63) is 35.4 Å². The first-order chi connectivity index (χ1) is 8.60. The molecule has 0 aliphatic heterocycles. The van der Waals surface area contributed by atoms with Gasteiger partial charge in [0.15, 0.2) is 0 Å². The molecule has 0 spiro atoms. The largest absolute Gasteiger partial charge is 0.326 e. The fourth-order valence-electron chi connectivity index (χ4n) is 2.45. The molecule has 0 amide bonds. The molecule has 0 aromatic heterocycles. The molecule has 0 aliphatic carbocycles. The normalized spacial score (nSPS) is 14.8. The predicted octanol–water partition coefficient (Wildman–Crippen LogP) is 3.51. The van der Waals surface area contributed by atoms with Gasteiger partial charge in [-0.15, -0.1) is 0 Å². The Morgan fingerprint density at radius 2 is 2.00 bits per heavy atom. The highest BCUT2D eigenvalue weighted by atomic mass is 15.1. The first-order valence-corrected chi connectivity index (χ1v) is 7.12. The molecular weight excluding hydrogens is 220 g/mol. The lowest BCUT2D eigenvalue weighted by Crippen LogP contribution is -2.39. The molecule has 0 aliphatic rings. The van der Waals surface area contributed by atoms with Gasteiger partial charge in [-0.1, -0.05) is 50.1 Å². The Bertz CT molecular complexity index is 349. The Kier molecular flexibility index (Phi) is 6.37. The van der Waals surface area contributed by atoms with Gasteiger partial charge >= 0.3 is 0 Å². The second kappa shape index (κ2) is 7.55. The van der Waals surface area contributed by atoms with Crippen LogP contribution in [-0.4, -0.2) is 24.5 Å². The van der Waals surface area contributed by atoms with Crippen molar-refractivity contribution in [3.63, 3.8) is 0 Å². The molecule has 0 fully saturated rings. The number of benzene rings is 1. The summed E-state index contributed by atoms with van der Waals surface area (Å²) >= 11 is 0. The Balaban J connectivity index is 2.90. The van der Waals surface area contributed by atoms with Crippen LogP contribution in [0.5, 0.6) is 0 Å². The summed E-state index contributed by atoms with van der Waals surface area (Å²) in [6, 6.07) is 9.28. The van der Waals surface area contributed by atoms with Gasteiger partial charge in [0.1, 0.15) is 0 Å². The lowest BCUT2D eigenvalue weighted by Gasteiger charge is -2.33. The maximum atomic E-state index is 6.33. The fourth-order valence-corrected chi connectivity index (χ4v) is 2.45. The van der Waals surface area contributed by atoms with Crippen molar-refractivity contribution in [1.82, 2.24) is 4.90 Å². The molecule has 2 unspecified atom stereocenters. The van der Waals surface area contributed by atoms with Gasteiger partial charge < -0.3 is 5.73 Å². The first kappa shape index (κ1) is 15.2. The van der Waals surface area contributed by atoms with E-state index in [0.29, 0.717) is 6.04 Å². The van der Waals surface area contributed by atoms with E-state index < -0.39 is 0 Å². The molecule has 18 heavy (non-hydrogen) atoms. The molecule has 2 heteroatoms. The number of nitrogens with zero attached hydrogens (tertiary/aromatic N) is 1. The van der Waals surface area contributed by atoms with E-state index in [9.17, 15) is 0 Å². The van der Waals surface area contributed by atoms with Gasteiger partial charge in [-0.2, -0.15) is 0 Å². The van der Waals surface area contributed by atoms with Crippen molar-refractivity contribution in [3.8, 4) is 0 Å². The van der Waals surface area contributed by atoms with Gasteiger partial charge in [0.05, 0.1) is 0 Å². The molecule has 2 N–H and O–H groups in total. The van der Waals surface area contributed by atoms with E-state index in [0.717, 1.165) is 13.0 Å². The number of hydrogen-bond donors (Lipinski definition) is 1. The molecule has 0 bridgehead atoms. The topological polar surface area (TPSA) is 29.3 Å². The Hall–Kier alpha value is -0.860. The van der Waals surface area contributed by atoms with E-state index in [2.05, 4.69) is 57.0 Å². The van der Waals surface area contributed by atoms with Crippen LogP contribution in [0.1, 0.15) is 50.3 Å². The van der Waals surface area contributed by atoms with Crippen LogP contribution in [0.15, 0.2) is 24.3 Å². The summed E-state index contributed by atoms with van der Waals surface area (Å²) in [5.41, 5.74) is 8.99. The van der Waals surface area contributed by atoms with Crippen LogP contribution < -0.4 is 5.73 Å². The number of rotatable bonds is 7. The Morgan fingerprint density at radius 1 is 1.28 bits per heavy atom. The van der Waals surface area contributed by atoms with Gasteiger partial charge in [-0.25, -0.2) is 0 Å². The van der Waals surface area contributed by atoms with E-state index in [1.165, 1.54) is 24.0 Å². The third-order valence-corrected chi connectivity index (χ3v) is 3.60. The number of unbranched alkanes of at least 4 members (excludes halogenated alkanes) is 1. The quantitative estimate of drug-likeness (QED) is 0.800. The molecule has 1 rings (SSSR count). The predicted molar refractivity (Wildman–Crippen MR) is 79.7 cm³/mol. The van der Waals surface area contributed by atoms with E-state index >= 15 is 0 Å². The molecular formula is C16H28N2. The Morgan fingerprint density at radius 3 is 2.56 bits per heavy atom. The second-order valence-electron chi connectivity index (χ2n) is 5.27. The summed E-state index contributed by atoms with van der Waals surface area (Å²) in [5, 5.41) is 0. The molecule has 0 saturated heterocycles. The van der Waals surface area contributed by atoms with Crippen LogP contribution in [0.25, 0.3) is 0 Å². The zero-order chi connectivity index (χ0) is 13.5. The monoisotopic (exact) mass is 248 g/mol. The van der Waals surface area contributed by atoms with Crippen LogP contribution in [0.3, 0.4) is 0 Å². The fraction of sp³-hybridized carbons (Fsp3) is 0.625. The minimum absolute atomic E-state index is 0.202. The smallest absolute Gasteiger partial charge is 0.0496 e. The van der Waals surface area contributed by atoms with Crippen molar-refractivity contribution in [2.45, 2.75) is 52.1 Å². The molecule has 1 aromatic rings.